The van der Waals surface area contributed by atoms with Crippen LogP contribution >= 0.6 is 0 Å². The van der Waals surface area contributed by atoms with E-state index in [1.807, 2.05) is 0 Å². The van der Waals surface area contributed by atoms with E-state index < -0.39 is 0 Å². The van der Waals surface area contributed by atoms with Crippen LogP contribution in [0.2, 0.25) is 0 Å². The number of fused-ring (bicyclic) bond motifs is 1. The Balaban J connectivity index is 2.20. The zero-order chi connectivity index (χ0) is 7.68. The van der Waals surface area contributed by atoms with E-state index >= 15 is 0 Å². The number of allylic oxidation sites excluding steroid dienone is 5. The van der Waals surface area contributed by atoms with Crippen molar-refractivity contribution in [2.75, 3.05) is 0 Å². The summed E-state index contributed by atoms with van der Waals surface area (Å²) in [6, 6.07) is 0.271. The Bertz CT molecular complexity index is 225. The van der Waals surface area contributed by atoms with Crippen molar-refractivity contribution in [3.8, 4) is 0 Å². The minimum atomic E-state index is 0.271. The van der Waals surface area contributed by atoms with Crippen molar-refractivity contribution in [1.29, 1.82) is 0 Å². The number of rotatable bonds is 0. The highest BCUT2D eigenvalue weighted by Gasteiger charge is 2.21. The van der Waals surface area contributed by atoms with Crippen molar-refractivity contribution >= 4 is 0 Å². The van der Waals surface area contributed by atoms with Crippen LogP contribution in [0.3, 0.4) is 0 Å². The van der Waals surface area contributed by atoms with Crippen LogP contribution in [0, 0.1) is 11.8 Å². The first-order chi connectivity index (χ1) is 5.36. The molecule has 0 spiro atoms. The third-order valence-corrected chi connectivity index (χ3v) is 2.42. The van der Waals surface area contributed by atoms with E-state index in [0.29, 0.717) is 11.8 Å². The molecule has 2 unspecified atom stereocenters. The van der Waals surface area contributed by atoms with Gasteiger partial charge in [0.1, 0.15) is 0 Å². The normalized spacial score (nSPS) is 40.6. The quantitative estimate of drug-likeness (QED) is 0.518. The second-order valence-corrected chi connectivity index (χ2v) is 3.30. The van der Waals surface area contributed by atoms with Crippen LogP contribution in [0.4, 0.5) is 0 Å². The van der Waals surface area contributed by atoms with Crippen LogP contribution in [0.25, 0.3) is 0 Å². The topological polar surface area (TPSA) is 26.0 Å². The first-order valence-electron chi connectivity index (χ1n) is 4.15. The fourth-order valence-electron chi connectivity index (χ4n) is 1.78. The Morgan fingerprint density at radius 1 is 1.00 bits per heavy atom. The highest BCUT2D eigenvalue weighted by atomic mass is 14.6. The second kappa shape index (κ2) is 2.67. The molecule has 2 aliphatic carbocycles. The van der Waals surface area contributed by atoms with E-state index in [9.17, 15) is 0 Å². The van der Waals surface area contributed by atoms with Crippen molar-refractivity contribution in [2.24, 2.45) is 17.6 Å². The van der Waals surface area contributed by atoms with Crippen molar-refractivity contribution in [3.05, 3.63) is 36.5 Å². The molecule has 0 radical (unpaired) electrons. The molecule has 0 bridgehead atoms. The summed E-state index contributed by atoms with van der Waals surface area (Å²) < 4.78 is 0. The van der Waals surface area contributed by atoms with Crippen molar-refractivity contribution < 1.29 is 0 Å². The minimum absolute atomic E-state index is 0.271. The van der Waals surface area contributed by atoms with E-state index in [0.717, 1.165) is 6.42 Å². The van der Waals surface area contributed by atoms with Gasteiger partial charge >= 0.3 is 0 Å². The molecule has 2 N–H and O–H groups in total. The summed E-state index contributed by atoms with van der Waals surface area (Å²) >= 11 is 0. The molecule has 0 aromatic heterocycles. The van der Waals surface area contributed by atoms with Gasteiger partial charge in [0.25, 0.3) is 0 Å². The van der Waals surface area contributed by atoms with Crippen LogP contribution < -0.4 is 5.73 Å². The van der Waals surface area contributed by atoms with Gasteiger partial charge in [-0.2, -0.15) is 0 Å². The van der Waals surface area contributed by atoms with Crippen LogP contribution in [0.5, 0.6) is 0 Å². The Hall–Kier alpha value is -0.820. The molecule has 0 amide bonds. The van der Waals surface area contributed by atoms with E-state index in [4.69, 9.17) is 5.73 Å². The molecule has 0 aromatic rings. The van der Waals surface area contributed by atoms with Crippen LogP contribution in [0.15, 0.2) is 36.5 Å². The summed E-state index contributed by atoms with van der Waals surface area (Å²) in [6.07, 6.45) is 14.2. The SMILES string of the molecule is NC1C=C[C@H]2C=CC=CC2C1. The maximum absolute atomic E-state index is 5.80. The molecule has 1 nitrogen and oxygen atoms in total. The van der Waals surface area contributed by atoms with Crippen LogP contribution in [0.1, 0.15) is 6.42 Å². The lowest BCUT2D eigenvalue weighted by Crippen LogP contribution is -2.28. The van der Waals surface area contributed by atoms with E-state index in [1.165, 1.54) is 0 Å². The highest BCUT2D eigenvalue weighted by Crippen LogP contribution is 2.28. The second-order valence-electron chi connectivity index (χ2n) is 3.30. The lowest BCUT2D eigenvalue weighted by molar-refractivity contribution is 0.459. The molecule has 0 aromatic carbocycles. The standard InChI is InChI=1S/C10H13N/c11-10-6-5-8-3-1-2-4-9(8)7-10/h1-6,8-10H,7,11H2/t8-,9?,10?/m1/s1. The summed E-state index contributed by atoms with van der Waals surface area (Å²) in [4.78, 5) is 0. The molecular weight excluding hydrogens is 134 g/mol. The predicted molar refractivity (Wildman–Crippen MR) is 47.0 cm³/mol. The fraction of sp³-hybridized carbons (Fsp3) is 0.400. The Kier molecular flexibility index (Phi) is 1.66. The number of nitrogens with two attached hydrogens (primary N) is 1. The minimum Gasteiger partial charge on any atom is -0.324 e. The fourth-order valence-corrected chi connectivity index (χ4v) is 1.78. The Labute approximate surface area is 67.3 Å². The predicted octanol–water partition coefficient (Wildman–Crippen LogP) is 1.63. The largest absolute Gasteiger partial charge is 0.324 e. The van der Waals surface area contributed by atoms with Gasteiger partial charge in [0, 0.05) is 12.0 Å². The summed E-state index contributed by atoms with van der Waals surface area (Å²) in [5, 5.41) is 0. The number of hydrogen-bond donors (Lipinski definition) is 1. The average molecular weight is 147 g/mol. The summed E-state index contributed by atoms with van der Waals surface area (Å²) in [7, 11) is 0. The van der Waals surface area contributed by atoms with Crippen molar-refractivity contribution in [1.82, 2.24) is 0 Å². The molecule has 2 rings (SSSR count). The van der Waals surface area contributed by atoms with Crippen molar-refractivity contribution in [2.45, 2.75) is 12.5 Å². The van der Waals surface area contributed by atoms with Crippen molar-refractivity contribution in [3.63, 3.8) is 0 Å². The summed E-state index contributed by atoms with van der Waals surface area (Å²) in [5.41, 5.74) is 5.80. The van der Waals surface area contributed by atoms with Gasteiger partial charge in [-0.25, -0.2) is 0 Å². The Morgan fingerprint density at radius 2 is 1.82 bits per heavy atom. The molecule has 0 saturated heterocycles. The molecule has 0 heterocycles. The maximum atomic E-state index is 5.80. The third-order valence-electron chi connectivity index (χ3n) is 2.42. The van der Waals surface area contributed by atoms with Gasteiger partial charge in [-0.1, -0.05) is 36.5 Å². The first-order valence-corrected chi connectivity index (χ1v) is 4.15. The zero-order valence-electron chi connectivity index (χ0n) is 6.48. The smallest absolute Gasteiger partial charge is 0.0229 e. The average Bonchev–Trinajstić information content (AvgIpc) is 2.04. The Morgan fingerprint density at radius 3 is 2.73 bits per heavy atom. The van der Waals surface area contributed by atoms with Gasteiger partial charge in [0.05, 0.1) is 0 Å². The van der Waals surface area contributed by atoms with Gasteiger partial charge in [-0.05, 0) is 12.3 Å². The van der Waals surface area contributed by atoms with Gasteiger partial charge in [-0.3, -0.25) is 0 Å². The molecule has 0 saturated carbocycles. The maximum Gasteiger partial charge on any atom is 0.0229 e. The third kappa shape index (κ3) is 1.29. The molecule has 0 fully saturated rings. The van der Waals surface area contributed by atoms with Gasteiger partial charge in [0.15, 0.2) is 0 Å². The molecule has 3 atom stereocenters. The first kappa shape index (κ1) is 6.86. The lowest BCUT2D eigenvalue weighted by Gasteiger charge is -2.27. The van der Waals surface area contributed by atoms with Crippen LogP contribution in [-0.2, 0) is 0 Å². The molecule has 0 aliphatic heterocycles. The van der Waals surface area contributed by atoms with Gasteiger partial charge in [0.2, 0.25) is 0 Å². The van der Waals surface area contributed by atoms with Crippen LogP contribution in [-0.4, -0.2) is 6.04 Å². The molecule has 58 valence electrons. The van der Waals surface area contributed by atoms with E-state index in [-0.39, 0.29) is 6.04 Å². The summed E-state index contributed by atoms with van der Waals surface area (Å²) in [6.45, 7) is 0. The lowest BCUT2D eigenvalue weighted by atomic mass is 9.80. The van der Waals surface area contributed by atoms with Gasteiger partial charge < -0.3 is 5.73 Å². The highest BCUT2D eigenvalue weighted by molar-refractivity contribution is 5.22. The molecular formula is C10H13N. The molecule has 2 aliphatic rings. The van der Waals surface area contributed by atoms with E-state index in [2.05, 4.69) is 36.5 Å². The molecule has 11 heavy (non-hydrogen) atoms. The van der Waals surface area contributed by atoms with E-state index in [1.54, 1.807) is 0 Å². The molecule has 1 heteroatoms. The van der Waals surface area contributed by atoms with Gasteiger partial charge in [-0.15, -0.1) is 0 Å². The zero-order valence-corrected chi connectivity index (χ0v) is 6.48. The monoisotopic (exact) mass is 147 g/mol. The summed E-state index contributed by atoms with van der Waals surface area (Å²) in [5.74, 6) is 1.26. The number of hydrogen-bond acceptors (Lipinski definition) is 1.